The Kier molecular flexibility index (Phi) is 5.39. The van der Waals surface area contributed by atoms with Gasteiger partial charge >= 0.3 is 0 Å². The number of Topliss-reactive ketones (excluding diaryl/α,β-unsaturated/α-hetero) is 1. The third kappa shape index (κ3) is 3.78. The molecule has 0 spiro atoms. The molecule has 0 atom stereocenters. The standard InChI is InChI=1S/C21H18N2O2S/c1-3-26-21(22)20(24)19-13-12-18(23(19)2)15-8-7-11-17(14-15)25-16-9-5-4-6-10-16/h3-14,22H,1H2,2H3. The zero-order valence-electron chi connectivity index (χ0n) is 14.3. The van der Waals surface area contributed by atoms with Gasteiger partial charge in [0, 0.05) is 18.3 Å². The molecular weight excluding hydrogens is 344 g/mol. The maximum atomic E-state index is 12.4. The average Bonchev–Trinajstić information content (AvgIpc) is 3.04. The molecule has 0 aliphatic heterocycles. The average molecular weight is 362 g/mol. The zero-order chi connectivity index (χ0) is 18.5. The smallest absolute Gasteiger partial charge is 0.233 e. The molecule has 130 valence electrons. The van der Waals surface area contributed by atoms with Crippen LogP contribution in [0.1, 0.15) is 10.5 Å². The molecule has 0 aliphatic carbocycles. The molecule has 0 unspecified atom stereocenters. The second-order valence-electron chi connectivity index (χ2n) is 5.55. The summed E-state index contributed by atoms with van der Waals surface area (Å²) in [5.41, 5.74) is 2.28. The Morgan fingerprint density at radius 2 is 1.81 bits per heavy atom. The van der Waals surface area contributed by atoms with Crippen LogP contribution in [-0.4, -0.2) is 15.4 Å². The van der Waals surface area contributed by atoms with E-state index in [1.54, 1.807) is 10.6 Å². The quantitative estimate of drug-likeness (QED) is 0.357. The number of aromatic nitrogens is 1. The Morgan fingerprint density at radius 1 is 1.08 bits per heavy atom. The van der Waals surface area contributed by atoms with Crippen LogP contribution in [0.5, 0.6) is 11.5 Å². The first-order valence-corrected chi connectivity index (χ1v) is 8.88. The van der Waals surface area contributed by atoms with Crippen LogP contribution in [0.15, 0.2) is 78.7 Å². The number of hydrogen-bond donors (Lipinski definition) is 1. The predicted octanol–water partition coefficient (Wildman–Crippen LogP) is 5.52. The van der Waals surface area contributed by atoms with E-state index in [-0.39, 0.29) is 10.8 Å². The van der Waals surface area contributed by atoms with Crippen molar-refractivity contribution in [2.75, 3.05) is 0 Å². The molecule has 5 heteroatoms. The highest BCUT2D eigenvalue weighted by molar-refractivity contribution is 8.18. The number of nitrogens with zero attached hydrogens (tertiary/aromatic N) is 1. The molecule has 2 aromatic carbocycles. The fraction of sp³-hybridized carbons (Fsp3) is 0.0476. The van der Waals surface area contributed by atoms with Crippen LogP contribution in [0.2, 0.25) is 0 Å². The summed E-state index contributed by atoms with van der Waals surface area (Å²) in [7, 11) is 1.82. The minimum Gasteiger partial charge on any atom is -0.457 e. The largest absolute Gasteiger partial charge is 0.457 e. The van der Waals surface area contributed by atoms with Crippen LogP contribution in [-0.2, 0) is 7.05 Å². The summed E-state index contributed by atoms with van der Waals surface area (Å²) in [5.74, 6) is 1.17. The lowest BCUT2D eigenvalue weighted by atomic mass is 10.1. The fourth-order valence-corrected chi connectivity index (χ4v) is 3.00. The number of hydrogen-bond acceptors (Lipinski definition) is 4. The number of carbonyl (C=O) groups excluding carboxylic acids is 1. The van der Waals surface area contributed by atoms with E-state index in [2.05, 4.69) is 6.58 Å². The Hall–Kier alpha value is -3.05. The van der Waals surface area contributed by atoms with Crippen molar-refractivity contribution < 1.29 is 9.53 Å². The zero-order valence-corrected chi connectivity index (χ0v) is 15.1. The molecule has 3 rings (SSSR count). The number of carbonyl (C=O) groups is 1. The van der Waals surface area contributed by atoms with Gasteiger partial charge in [-0.05, 0) is 41.8 Å². The van der Waals surface area contributed by atoms with E-state index in [0.717, 1.165) is 34.5 Å². The Balaban J connectivity index is 1.88. The summed E-state index contributed by atoms with van der Waals surface area (Å²) in [5, 5.41) is 9.24. The SMILES string of the molecule is C=CSC(=N)C(=O)c1ccc(-c2cccc(Oc3ccccc3)c2)n1C. The highest BCUT2D eigenvalue weighted by Crippen LogP contribution is 2.28. The number of ketones is 1. The highest BCUT2D eigenvalue weighted by atomic mass is 32.2. The van der Waals surface area contributed by atoms with Crippen molar-refractivity contribution in [1.29, 1.82) is 5.41 Å². The van der Waals surface area contributed by atoms with Gasteiger partial charge in [-0.2, -0.15) is 0 Å². The number of rotatable bonds is 6. The molecule has 0 fully saturated rings. The number of benzene rings is 2. The third-order valence-corrected chi connectivity index (χ3v) is 4.46. The van der Waals surface area contributed by atoms with Crippen molar-refractivity contribution in [1.82, 2.24) is 4.57 Å². The summed E-state index contributed by atoms with van der Waals surface area (Å²) in [6.45, 7) is 3.55. The molecule has 0 saturated carbocycles. The first-order chi connectivity index (χ1) is 12.6. The van der Waals surface area contributed by atoms with Crippen molar-refractivity contribution in [2.24, 2.45) is 7.05 Å². The first kappa shape index (κ1) is 17.8. The van der Waals surface area contributed by atoms with Crippen molar-refractivity contribution in [3.05, 3.63) is 84.4 Å². The predicted molar refractivity (Wildman–Crippen MR) is 107 cm³/mol. The number of para-hydroxylation sites is 1. The molecular formula is C21H18N2O2S. The van der Waals surface area contributed by atoms with Gasteiger partial charge in [0.25, 0.3) is 0 Å². The maximum absolute atomic E-state index is 12.4. The van der Waals surface area contributed by atoms with Gasteiger partial charge in [0.15, 0.2) is 0 Å². The lowest BCUT2D eigenvalue weighted by Gasteiger charge is -2.10. The molecule has 1 heterocycles. The second kappa shape index (κ2) is 7.89. The normalized spacial score (nSPS) is 10.3. The summed E-state index contributed by atoms with van der Waals surface area (Å²) in [6, 6.07) is 20.9. The van der Waals surface area contributed by atoms with E-state index < -0.39 is 0 Å². The van der Waals surface area contributed by atoms with Crippen LogP contribution in [0.3, 0.4) is 0 Å². The second-order valence-corrected chi connectivity index (χ2v) is 6.53. The number of thioether (sulfide) groups is 1. The van der Waals surface area contributed by atoms with Crippen LogP contribution >= 0.6 is 11.8 Å². The summed E-state index contributed by atoms with van der Waals surface area (Å²) < 4.78 is 7.67. The molecule has 0 amide bonds. The highest BCUT2D eigenvalue weighted by Gasteiger charge is 2.17. The van der Waals surface area contributed by atoms with E-state index in [1.165, 1.54) is 5.41 Å². The lowest BCUT2D eigenvalue weighted by Crippen LogP contribution is -2.13. The number of nitrogens with one attached hydrogen (secondary N) is 1. The Morgan fingerprint density at radius 3 is 2.54 bits per heavy atom. The summed E-state index contributed by atoms with van der Waals surface area (Å²) in [4.78, 5) is 12.4. The summed E-state index contributed by atoms with van der Waals surface area (Å²) >= 11 is 1.02. The van der Waals surface area contributed by atoms with Crippen LogP contribution in [0, 0.1) is 5.41 Å². The molecule has 0 bridgehead atoms. The van der Waals surface area contributed by atoms with E-state index in [4.69, 9.17) is 10.1 Å². The van der Waals surface area contributed by atoms with Gasteiger partial charge in [0.2, 0.25) is 5.78 Å². The van der Waals surface area contributed by atoms with Crippen LogP contribution in [0.4, 0.5) is 0 Å². The van der Waals surface area contributed by atoms with Crippen molar-refractivity contribution >= 4 is 22.6 Å². The Labute approximate surface area is 156 Å². The summed E-state index contributed by atoms with van der Waals surface area (Å²) in [6.07, 6.45) is 0. The van der Waals surface area contributed by atoms with Crippen LogP contribution in [0.25, 0.3) is 11.3 Å². The van der Waals surface area contributed by atoms with E-state index >= 15 is 0 Å². The van der Waals surface area contributed by atoms with Gasteiger partial charge in [-0.1, -0.05) is 48.7 Å². The first-order valence-electron chi connectivity index (χ1n) is 8.00. The van der Waals surface area contributed by atoms with Gasteiger partial charge in [-0.15, -0.1) is 0 Å². The van der Waals surface area contributed by atoms with Crippen molar-refractivity contribution in [3.8, 4) is 22.8 Å². The van der Waals surface area contributed by atoms with Crippen LogP contribution < -0.4 is 4.74 Å². The van der Waals surface area contributed by atoms with E-state index in [9.17, 15) is 4.79 Å². The monoisotopic (exact) mass is 362 g/mol. The molecule has 1 aromatic heterocycles. The maximum Gasteiger partial charge on any atom is 0.233 e. The molecule has 0 aliphatic rings. The minimum atomic E-state index is -0.319. The number of ether oxygens (including phenoxy) is 1. The van der Waals surface area contributed by atoms with Crippen molar-refractivity contribution in [3.63, 3.8) is 0 Å². The molecule has 4 nitrogen and oxygen atoms in total. The Bertz CT molecular complexity index is 961. The van der Waals surface area contributed by atoms with E-state index in [0.29, 0.717) is 5.69 Å². The molecule has 3 aromatic rings. The molecule has 0 saturated heterocycles. The van der Waals surface area contributed by atoms with Gasteiger partial charge in [-0.25, -0.2) is 0 Å². The van der Waals surface area contributed by atoms with Gasteiger partial charge in [0.1, 0.15) is 16.5 Å². The molecule has 26 heavy (non-hydrogen) atoms. The van der Waals surface area contributed by atoms with Crippen molar-refractivity contribution in [2.45, 2.75) is 0 Å². The van der Waals surface area contributed by atoms with Gasteiger partial charge in [-0.3, -0.25) is 10.2 Å². The molecule has 0 radical (unpaired) electrons. The third-order valence-electron chi connectivity index (χ3n) is 3.87. The van der Waals surface area contributed by atoms with E-state index in [1.807, 2.05) is 67.7 Å². The lowest BCUT2D eigenvalue weighted by molar-refractivity contribution is 0.106. The van der Waals surface area contributed by atoms with Gasteiger partial charge in [0.05, 0.1) is 5.69 Å². The van der Waals surface area contributed by atoms with Gasteiger partial charge < -0.3 is 9.30 Å². The fourth-order valence-electron chi connectivity index (χ4n) is 2.63. The topological polar surface area (TPSA) is 55.1 Å². The minimum absolute atomic E-state index is 0.0473. The molecule has 1 N–H and O–H groups in total.